The summed E-state index contributed by atoms with van der Waals surface area (Å²) >= 11 is 0. The normalized spacial score (nSPS) is 9.67. The van der Waals surface area contributed by atoms with Crippen LogP contribution in [0.3, 0.4) is 0 Å². The minimum absolute atomic E-state index is 0.0152. The SMILES string of the molecule is Cc1cc([N+](=O)[O-])ccc1OCC(=N)N. The van der Waals surface area contributed by atoms with Gasteiger partial charge in [-0.3, -0.25) is 15.5 Å². The maximum absolute atomic E-state index is 10.4. The van der Waals surface area contributed by atoms with Crippen molar-refractivity contribution in [3.8, 4) is 5.75 Å². The quantitative estimate of drug-likeness (QED) is 0.336. The molecule has 0 unspecified atom stereocenters. The van der Waals surface area contributed by atoms with E-state index in [9.17, 15) is 10.1 Å². The molecule has 6 nitrogen and oxygen atoms in total. The molecule has 3 N–H and O–H groups in total. The van der Waals surface area contributed by atoms with Gasteiger partial charge in [0.1, 0.15) is 18.2 Å². The Balaban J connectivity index is 2.83. The molecule has 1 aromatic carbocycles. The summed E-state index contributed by atoms with van der Waals surface area (Å²) < 4.78 is 5.16. The first-order valence-electron chi connectivity index (χ1n) is 4.21. The molecule has 0 aromatic heterocycles. The van der Waals surface area contributed by atoms with Gasteiger partial charge >= 0.3 is 0 Å². The fourth-order valence-electron chi connectivity index (χ4n) is 1.06. The molecule has 0 spiro atoms. The number of nitro groups is 1. The number of nitrogens with one attached hydrogen (secondary N) is 1. The smallest absolute Gasteiger partial charge is 0.269 e. The second kappa shape index (κ2) is 4.41. The van der Waals surface area contributed by atoms with Crippen LogP contribution in [-0.2, 0) is 0 Å². The van der Waals surface area contributed by atoms with Gasteiger partial charge in [-0.1, -0.05) is 0 Å². The zero-order valence-corrected chi connectivity index (χ0v) is 8.19. The molecule has 0 amide bonds. The zero-order valence-electron chi connectivity index (χ0n) is 8.19. The first-order valence-corrected chi connectivity index (χ1v) is 4.21. The largest absolute Gasteiger partial charge is 0.485 e. The highest BCUT2D eigenvalue weighted by Crippen LogP contribution is 2.22. The van der Waals surface area contributed by atoms with Crippen LogP contribution in [0.5, 0.6) is 5.75 Å². The standard InChI is InChI=1S/C9H11N3O3/c1-6-4-7(12(13)14)2-3-8(6)15-5-9(10)11/h2-4H,5H2,1H3,(H3,10,11). The number of nitrogens with zero attached hydrogens (tertiary/aromatic N) is 1. The topological polar surface area (TPSA) is 102 Å². The lowest BCUT2D eigenvalue weighted by Crippen LogP contribution is -2.19. The lowest BCUT2D eigenvalue weighted by Gasteiger charge is -2.07. The molecule has 80 valence electrons. The summed E-state index contributed by atoms with van der Waals surface area (Å²) in [5, 5.41) is 17.4. The van der Waals surface area contributed by atoms with Crippen LogP contribution in [-0.4, -0.2) is 17.4 Å². The highest BCUT2D eigenvalue weighted by molar-refractivity contribution is 5.78. The van der Waals surface area contributed by atoms with Gasteiger partial charge in [0.2, 0.25) is 0 Å². The fraction of sp³-hybridized carbons (Fsp3) is 0.222. The van der Waals surface area contributed by atoms with Crippen molar-refractivity contribution in [3.63, 3.8) is 0 Å². The van der Waals surface area contributed by atoms with Crippen molar-refractivity contribution >= 4 is 11.5 Å². The average Bonchev–Trinajstić information content (AvgIpc) is 2.15. The van der Waals surface area contributed by atoms with Crippen LogP contribution in [0, 0.1) is 22.4 Å². The number of rotatable bonds is 4. The number of amidine groups is 1. The van der Waals surface area contributed by atoms with Gasteiger partial charge in [-0.15, -0.1) is 0 Å². The predicted molar refractivity (Wildman–Crippen MR) is 55.2 cm³/mol. The van der Waals surface area contributed by atoms with Crippen molar-refractivity contribution in [2.24, 2.45) is 5.73 Å². The van der Waals surface area contributed by atoms with E-state index < -0.39 is 4.92 Å². The Morgan fingerprint density at radius 3 is 2.80 bits per heavy atom. The number of nitro benzene ring substituents is 1. The third-order valence-corrected chi connectivity index (χ3v) is 1.75. The monoisotopic (exact) mass is 209 g/mol. The van der Waals surface area contributed by atoms with Crippen molar-refractivity contribution in [1.82, 2.24) is 0 Å². The van der Waals surface area contributed by atoms with Gasteiger partial charge in [-0.2, -0.15) is 0 Å². The lowest BCUT2D eigenvalue weighted by molar-refractivity contribution is -0.384. The maximum Gasteiger partial charge on any atom is 0.269 e. The molecule has 15 heavy (non-hydrogen) atoms. The molecule has 0 bridgehead atoms. The van der Waals surface area contributed by atoms with Crippen LogP contribution in [0.1, 0.15) is 5.56 Å². The van der Waals surface area contributed by atoms with E-state index in [-0.39, 0.29) is 18.1 Å². The Morgan fingerprint density at radius 2 is 2.33 bits per heavy atom. The van der Waals surface area contributed by atoms with Crippen molar-refractivity contribution in [2.45, 2.75) is 6.92 Å². The molecule has 0 saturated heterocycles. The summed E-state index contributed by atoms with van der Waals surface area (Å²) in [5.41, 5.74) is 5.78. The minimum Gasteiger partial charge on any atom is -0.485 e. The Bertz CT molecular complexity index is 404. The summed E-state index contributed by atoms with van der Waals surface area (Å²) in [5.74, 6) is 0.406. The average molecular weight is 209 g/mol. The number of ether oxygens (including phenoxy) is 1. The van der Waals surface area contributed by atoms with Crippen molar-refractivity contribution in [2.75, 3.05) is 6.61 Å². The fourth-order valence-corrected chi connectivity index (χ4v) is 1.06. The molecule has 1 aromatic rings. The van der Waals surface area contributed by atoms with E-state index in [2.05, 4.69) is 0 Å². The molecule has 0 atom stereocenters. The van der Waals surface area contributed by atoms with Gasteiger partial charge in [-0.05, 0) is 18.6 Å². The Hall–Kier alpha value is -2.11. The number of benzene rings is 1. The second-order valence-corrected chi connectivity index (χ2v) is 3.02. The van der Waals surface area contributed by atoms with Gasteiger partial charge < -0.3 is 10.5 Å². The Kier molecular flexibility index (Phi) is 3.22. The molecule has 0 aliphatic rings. The second-order valence-electron chi connectivity index (χ2n) is 3.02. The van der Waals surface area contributed by atoms with E-state index in [1.165, 1.54) is 18.2 Å². The van der Waals surface area contributed by atoms with Crippen molar-refractivity contribution in [1.29, 1.82) is 5.41 Å². The van der Waals surface area contributed by atoms with Gasteiger partial charge in [0.15, 0.2) is 0 Å². The number of nitrogens with two attached hydrogens (primary N) is 1. The van der Waals surface area contributed by atoms with Crippen LogP contribution in [0.15, 0.2) is 18.2 Å². The molecule has 0 heterocycles. The van der Waals surface area contributed by atoms with Crippen LogP contribution >= 0.6 is 0 Å². The molecule has 1 rings (SSSR count). The summed E-state index contributed by atoms with van der Waals surface area (Å²) in [6.07, 6.45) is 0. The van der Waals surface area contributed by atoms with Crippen LogP contribution < -0.4 is 10.5 Å². The van der Waals surface area contributed by atoms with E-state index >= 15 is 0 Å². The van der Waals surface area contributed by atoms with Crippen LogP contribution in [0.25, 0.3) is 0 Å². The number of non-ortho nitro benzene ring substituents is 1. The zero-order chi connectivity index (χ0) is 11.4. The first kappa shape index (κ1) is 11.0. The predicted octanol–water partition coefficient (Wildman–Crippen LogP) is 1.22. The number of aryl methyl sites for hydroxylation is 1. The molecule has 0 fully saturated rings. The van der Waals surface area contributed by atoms with E-state index in [4.69, 9.17) is 15.9 Å². The minimum atomic E-state index is -0.470. The Labute approximate surface area is 86.3 Å². The number of hydrogen-bond acceptors (Lipinski definition) is 4. The molecule has 6 heteroatoms. The summed E-state index contributed by atoms with van der Waals surface area (Å²) in [6.45, 7) is 1.68. The highest BCUT2D eigenvalue weighted by Gasteiger charge is 2.08. The van der Waals surface area contributed by atoms with Crippen LogP contribution in [0.4, 0.5) is 5.69 Å². The van der Waals surface area contributed by atoms with Gasteiger partial charge in [0.25, 0.3) is 5.69 Å². The molecule has 0 radical (unpaired) electrons. The van der Waals surface area contributed by atoms with E-state index in [1.54, 1.807) is 6.92 Å². The molecular formula is C9H11N3O3. The third kappa shape index (κ3) is 2.94. The summed E-state index contributed by atoms with van der Waals surface area (Å²) in [7, 11) is 0. The summed E-state index contributed by atoms with van der Waals surface area (Å²) in [6, 6.07) is 4.26. The Morgan fingerprint density at radius 1 is 1.67 bits per heavy atom. The molecule has 0 aliphatic carbocycles. The number of hydrogen-bond donors (Lipinski definition) is 2. The molecular weight excluding hydrogens is 198 g/mol. The molecule has 0 aliphatic heterocycles. The van der Waals surface area contributed by atoms with E-state index in [0.29, 0.717) is 11.3 Å². The van der Waals surface area contributed by atoms with Crippen LogP contribution in [0.2, 0.25) is 0 Å². The third-order valence-electron chi connectivity index (χ3n) is 1.75. The lowest BCUT2D eigenvalue weighted by atomic mass is 10.2. The van der Waals surface area contributed by atoms with E-state index in [1.807, 2.05) is 0 Å². The van der Waals surface area contributed by atoms with Gasteiger partial charge in [-0.25, -0.2) is 0 Å². The summed E-state index contributed by atoms with van der Waals surface area (Å²) in [4.78, 5) is 9.97. The molecule has 0 saturated carbocycles. The van der Waals surface area contributed by atoms with E-state index in [0.717, 1.165) is 0 Å². The van der Waals surface area contributed by atoms with Crippen molar-refractivity contribution < 1.29 is 9.66 Å². The maximum atomic E-state index is 10.4. The first-order chi connectivity index (χ1) is 7.00. The van der Waals surface area contributed by atoms with Crippen molar-refractivity contribution in [3.05, 3.63) is 33.9 Å². The van der Waals surface area contributed by atoms with Gasteiger partial charge in [0, 0.05) is 12.1 Å². The highest BCUT2D eigenvalue weighted by atomic mass is 16.6. The van der Waals surface area contributed by atoms with Gasteiger partial charge in [0.05, 0.1) is 4.92 Å².